The summed E-state index contributed by atoms with van der Waals surface area (Å²) in [7, 11) is 0. The smallest absolute Gasteiger partial charge is 0.0919 e. The van der Waals surface area contributed by atoms with Crippen LogP contribution in [0.4, 0.5) is 11.4 Å². The Bertz CT molecular complexity index is 1980. The first-order valence-corrected chi connectivity index (χ1v) is 14.0. The SMILES string of the molecule is Cc1ccc2c(C3=CCC4C(=C3)c3ncccc3N4c3ccccc3)c3ccccc3c(-c3ccccc3)c2c1. The van der Waals surface area contributed by atoms with Gasteiger partial charge in [-0.1, -0.05) is 103 Å². The molecule has 1 aliphatic heterocycles. The number of benzene rings is 5. The second-order valence-electron chi connectivity index (χ2n) is 10.8. The van der Waals surface area contributed by atoms with Gasteiger partial charge in [0.1, 0.15) is 0 Å². The molecule has 6 aromatic rings. The van der Waals surface area contributed by atoms with Crippen LogP contribution in [0, 0.1) is 6.92 Å². The summed E-state index contributed by atoms with van der Waals surface area (Å²) in [6.45, 7) is 2.19. The maximum absolute atomic E-state index is 4.90. The fourth-order valence-electron chi connectivity index (χ4n) is 6.74. The number of aryl methyl sites for hydroxylation is 1. The predicted octanol–water partition coefficient (Wildman–Crippen LogP) is 9.75. The Morgan fingerprint density at radius 1 is 0.675 bits per heavy atom. The summed E-state index contributed by atoms with van der Waals surface area (Å²) in [5.41, 5.74) is 11.2. The van der Waals surface area contributed by atoms with E-state index in [1.165, 1.54) is 66.3 Å². The average molecular weight is 513 g/mol. The Balaban J connectivity index is 1.38. The number of rotatable bonds is 3. The fraction of sp³-hybridized carbons (Fsp3) is 0.0789. The molecule has 1 aliphatic carbocycles. The molecule has 2 heterocycles. The second-order valence-corrected chi connectivity index (χ2v) is 10.8. The highest BCUT2D eigenvalue weighted by molar-refractivity contribution is 6.20. The number of aromatic nitrogens is 1. The predicted molar refractivity (Wildman–Crippen MR) is 169 cm³/mol. The van der Waals surface area contributed by atoms with Gasteiger partial charge >= 0.3 is 0 Å². The van der Waals surface area contributed by atoms with Gasteiger partial charge in [0.05, 0.1) is 17.4 Å². The van der Waals surface area contributed by atoms with Crippen molar-refractivity contribution in [2.45, 2.75) is 19.4 Å². The molecule has 0 N–H and O–H groups in total. The minimum atomic E-state index is 0.236. The van der Waals surface area contributed by atoms with Gasteiger partial charge in [0.15, 0.2) is 0 Å². The zero-order valence-electron chi connectivity index (χ0n) is 22.4. The summed E-state index contributed by atoms with van der Waals surface area (Å²) in [6, 6.07) is 41.9. The minimum absolute atomic E-state index is 0.236. The van der Waals surface area contributed by atoms with Crippen LogP contribution < -0.4 is 4.90 Å². The zero-order chi connectivity index (χ0) is 26.6. The summed E-state index contributed by atoms with van der Waals surface area (Å²) in [5.74, 6) is 0. The van der Waals surface area contributed by atoms with Gasteiger partial charge in [0.25, 0.3) is 0 Å². The lowest BCUT2D eigenvalue weighted by molar-refractivity contribution is 0.831. The van der Waals surface area contributed by atoms with Crippen molar-refractivity contribution in [2.75, 3.05) is 4.90 Å². The van der Waals surface area contributed by atoms with E-state index in [0.29, 0.717) is 0 Å². The number of pyridine rings is 1. The molecule has 190 valence electrons. The van der Waals surface area contributed by atoms with Gasteiger partial charge in [-0.2, -0.15) is 0 Å². The largest absolute Gasteiger partial charge is 0.332 e. The lowest BCUT2D eigenvalue weighted by Gasteiger charge is -2.29. The molecule has 1 aromatic heterocycles. The summed E-state index contributed by atoms with van der Waals surface area (Å²) in [4.78, 5) is 7.36. The van der Waals surface area contributed by atoms with Crippen LogP contribution in [0.3, 0.4) is 0 Å². The van der Waals surface area contributed by atoms with E-state index in [0.717, 1.165) is 12.1 Å². The summed E-state index contributed by atoms with van der Waals surface area (Å²) in [6.07, 6.45) is 7.70. The number of nitrogens with zero attached hydrogens (tertiary/aromatic N) is 2. The number of hydrogen-bond acceptors (Lipinski definition) is 2. The Morgan fingerprint density at radius 3 is 2.17 bits per heavy atom. The first kappa shape index (κ1) is 23.0. The lowest BCUT2D eigenvalue weighted by atomic mass is 9.82. The summed E-state index contributed by atoms with van der Waals surface area (Å²) >= 11 is 0. The first-order chi connectivity index (χ1) is 19.8. The van der Waals surface area contributed by atoms with Gasteiger partial charge in [0.2, 0.25) is 0 Å². The molecule has 0 amide bonds. The monoisotopic (exact) mass is 512 g/mol. The first-order valence-electron chi connectivity index (χ1n) is 14.0. The fourth-order valence-corrected chi connectivity index (χ4v) is 6.74. The maximum atomic E-state index is 4.90. The van der Waals surface area contributed by atoms with Crippen LogP contribution in [-0.4, -0.2) is 11.0 Å². The third-order valence-electron chi connectivity index (χ3n) is 8.43. The molecule has 0 bridgehead atoms. The Labute approximate surface area is 234 Å². The van der Waals surface area contributed by atoms with Crippen LogP contribution in [0.5, 0.6) is 0 Å². The molecule has 1 unspecified atom stereocenters. The molecule has 0 saturated heterocycles. The number of para-hydroxylation sites is 1. The Hall–Kier alpha value is -4.95. The molecule has 40 heavy (non-hydrogen) atoms. The maximum Gasteiger partial charge on any atom is 0.0919 e. The number of anilines is 2. The molecular formula is C38H28N2. The van der Waals surface area contributed by atoms with Crippen molar-refractivity contribution in [3.05, 3.63) is 150 Å². The number of fused-ring (bicyclic) bond motifs is 5. The molecule has 0 fully saturated rings. The summed E-state index contributed by atoms with van der Waals surface area (Å²) in [5, 5.41) is 5.18. The van der Waals surface area contributed by atoms with Crippen molar-refractivity contribution in [1.29, 1.82) is 0 Å². The van der Waals surface area contributed by atoms with Gasteiger partial charge in [-0.05, 0) is 87.5 Å². The molecule has 0 saturated carbocycles. The van der Waals surface area contributed by atoms with E-state index in [1.807, 2.05) is 12.3 Å². The Morgan fingerprint density at radius 2 is 1.38 bits per heavy atom. The van der Waals surface area contributed by atoms with E-state index < -0.39 is 0 Å². The van der Waals surface area contributed by atoms with Crippen molar-refractivity contribution in [2.24, 2.45) is 0 Å². The molecule has 1 atom stereocenters. The third-order valence-corrected chi connectivity index (χ3v) is 8.43. The highest BCUT2D eigenvalue weighted by atomic mass is 15.2. The molecule has 5 aromatic carbocycles. The highest BCUT2D eigenvalue weighted by Gasteiger charge is 2.37. The van der Waals surface area contributed by atoms with Crippen LogP contribution in [0.25, 0.3) is 43.8 Å². The van der Waals surface area contributed by atoms with Crippen molar-refractivity contribution in [3.63, 3.8) is 0 Å². The molecule has 2 heteroatoms. The highest BCUT2D eigenvalue weighted by Crippen LogP contribution is 2.50. The molecule has 2 aliphatic rings. The van der Waals surface area contributed by atoms with Crippen molar-refractivity contribution >= 4 is 44.1 Å². The average Bonchev–Trinajstić information content (AvgIpc) is 3.34. The molecule has 0 spiro atoms. The van der Waals surface area contributed by atoms with E-state index in [4.69, 9.17) is 4.98 Å². The van der Waals surface area contributed by atoms with E-state index in [9.17, 15) is 0 Å². The third kappa shape index (κ3) is 3.46. The van der Waals surface area contributed by atoms with E-state index in [2.05, 4.69) is 133 Å². The molecular weight excluding hydrogens is 484 g/mol. The molecule has 2 nitrogen and oxygen atoms in total. The van der Waals surface area contributed by atoms with Crippen molar-refractivity contribution < 1.29 is 0 Å². The standard InChI is InChI=1S/C38H28N2/c1-25-18-20-31-32(23-25)36(26-11-4-2-5-12-26)29-15-8-9-16-30(29)37(31)27-19-21-34-33(24-27)38-35(17-10-22-39-38)40(34)28-13-6-3-7-14-28/h2-20,22-24,34H,21H2,1H3. The van der Waals surface area contributed by atoms with Gasteiger partial charge in [-0.25, -0.2) is 0 Å². The minimum Gasteiger partial charge on any atom is -0.332 e. The van der Waals surface area contributed by atoms with Gasteiger partial charge < -0.3 is 4.90 Å². The molecule has 0 radical (unpaired) electrons. The van der Waals surface area contributed by atoms with Crippen LogP contribution in [0.1, 0.15) is 23.2 Å². The van der Waals surface area contributed by atoms with E-state index in [-0.39, 0.29) is 6.04 Å². The topological polar surface area (TPSA) is 16.1 Å². The van der Waals surface area contributed by atoms with Crippen LogP contribution in [0.15, 0.2) is 134 Å². The number of hydrogen-bond donors (Lipinski definition) is 0. The van der Waals surface area contributed by atoms with Gasteiger partial charge in [0, 0.05) is 17.5 Å². The molecule has 8 rings (SSSR count). The summed E-state index contributed by atoms with van der Waals surface area (Å²) < 4.78 is 0. The lowest BCUT2D eigenvalue weighted by Crippen LogP contribution is -2.27. The van der Waals surface area contributed by atoms with E-state index in [1.54, 1.807) is 0 Å². The van der Waals surface area contributed by atoms with Gasteiger partial charge in [-0.3, -0.25) is 4.98 Å². The van der Waals surface area contributed by atoms with Crippen LogP contribution in [-0.2, 0) is 0 Å². The Kier molecular flexibility index (Phi) is 5.21. The number of allylic oxidation sites excluding steroid dienone is 2. The van der Waals surface area contributed by atoms with Crippen LogP contribution >= 0.6 is 0 Å². The van der Waals surface area contributed by atoms with Crippen molar-refractivity contribution in [1.82, 2.24) is 4.98 Å². The normalized spacial score (nSPS) is 16.0. The van der Waals surface area contributed by atoms with Crippen LogP contribution in [0.2, 0.25) is 0 Å². The quantitative estimate of drug-likeness (QED) is 0.219. The zero-order valence-corrected chi connectivity index (χ0v) is 22.4. The van der Waals surface area contributed by atoms with Gasteiger partial charge in [-0.15, -0.1) is 0 Å². The second kappa shape index (κ2) is 9.07. The van der Waals surface area contributed by atoms with E-state index >= 15 is 0 Å². The van der Waals surface area contributed by atoms with Crippen molar-refractivity contribution in [3.8, 4) is 11.1 Å².